The van der Waals surface area contributed by atoms with Gasteiger partial charge in [0.1, 0.15) is 6.61 Å². The van der Waals surface area contributed by atoms with Gasteiger partial charge in [-0.2, -0.15) is 0 Å². The van der Waals surface area contributed by atoms with Gasteiger partial charge in [-0.3, -0.25) is 0 Å². The summed E-state index contributed by atoms with van der Waals surface area (Å²) in [5.41, 5.74) is 1.27. The number of methoxy groups -OCH3 is 3. The third kappa shape index (κ3) is 3.74. The summed E-state index contributed by atoms with van der Waals surface area (Å²) < 4.78 is 21.1. The smallest absolute Gasteiger partial charge is 0.338 e. The lowest BCUT2D eigenvalue weighted by Crippen LogP contribution is -2.45. The number of carbonyl (C=O) groups is 2. The zero-order chi connectivity index (χ0) is 19.3. The summed E-state index contributed by atoms with van der Waals surface area (Å²) in [4.78, 5) is 24.4. The van der Waals surface area contributed by atoms with Crippen molar-refractivity contribution in [2.75, 3.05) is 27.9 Å². The topological polar surface area (TPSA) is 95.1 Å². The number of hydrogen-bond acceptors (Lipinski definition) is 6. The van der Waals surface area contributed by atoms with E-state index in [0.717, 1.165) is 0 Å². The third-order valence-corrected chi connectivity index (χ3v) is 3.84. The molecule has 8 heteroatoms. The molecule has 1 heterocycles. The predicted octanol–water partition coefficient (Wildman–Crippen LogP) is 2.07. The molecule has 0 bridgehead atoms. The van der Waals surface area contributed by atoms with Crippen LogP contribution >= 0.6 is 0 Å². The van der Waals surface area contributed by atoms with Crippen molar-refractivity contribution in [2.24, 2.45) is 0 Å². The van der Waals surface area contributed by atoms with Crippen LogP contribution in [-0.2, 0) is 9.53 Å². The number of carbonyl (C=O) groups excluding carboxylic acids is 2. The minimum atomic E-state index is -0.741. The van der Waals surface area contributed by atoms with E-state index >= 15 is 0 Å². The average Bonchev–Trinajstić information content (AvgIpc) is 2.64. The van der Waals surface area contributed by atoms with Gasteiger partial charge < -0.3 is 29.6 Å². The molecule has 8 nitrogen and oxygen atoms in total. The van der Waals surface area contributed by atoms with Crippen LogP contribution in [0.5, 0.6) is 17.2 Å². The van der Waals surface area contributed by atoms with Crippen LogP contribution in [0.1, 0.15) is 18.5 Å². The molecular formula is C18H22N2O6. The Hall–Kier alpha value is -3.16. The Balaban J connectivity index is 2.55. The standard InChI is InChI=1S/C18H22N2O6/c1-6-7-26-17(21)14-10(2)19-18(22)20-15(14)11-8-12(23-3)16(25-5)13(9-11)24-4/h6,8-9,15H,1,7H2,2-5H3,(H2,19,20,22)/t15-/m1/s1. The molecule has 1 aliphatic heterocycles. The second-order valence-electron chi connectivity index (χ2n) is 5.42. The van der Waals surface area contributed by atoms with Crippen molar-refractivity contribution in [1.29, 1.82) is 0 Å². The van der Waals surface area contributed by atoms with E-state index in [0.29, 0.717) is 28.5 Å². The van der Waals surface area contributed by atoms with Crippen molar-refractivity contribution in [3.05, 3.63) is 41.6 Å². The molecule has 0 unspecified atom stereocenters. The number of urea groups is 1. The molecule has 26 heavy (non-hydrogen) atoms. The first kappa shape index (κ1) is 19.2. The zero-order valence-electron chi connectivity index (χ0n) is 15.2. The molecule has 1 atom stereocenters. The molecule has 140 valence electrons. The van der Waals surface area contributed by atoms with Gasteiger partial charge in [0.05, 0.1) is 32.9 Å². The third-order valence-electron chi connectivity index (χ3n) is 3.84. The summed E-state index contributed by atoms with van der Waals surface area (Å²) >= 11 is 0. The number of rotatable bonds is 7. The molecule has 0 radical (unpaired) electrons. The van der Waals surface area contributed by atoms with E-state index in [1.807, 2.05) is 0 Å². The maximum Gasteiger partial charge on any atom is 0.338 e. The van der Waals surface area contributed by atoms with Gasteiger partial charge in [-0.25, -0.2) is 9.59 Å². The number of hydrogen-bond donors (Lipinski definition) is 2. The predicted molar refractivity (Wildman–Crippen MR) is 94.4 cm³/mol. The van der Waals surface area contributed by atoms with Gasteiger partial charge >= 0.3 is 12.0 Å². The van der Waals surface area contributed by atoms with Crippen LogP contribution in [0, 0.1) is 0 Å². The van der Waals surface area contributed by atoms with Gasteiger partial charge in [-0.15, -0.1) is 0 Å². The summed E-state index contributed by atoms with van der Waals surface area (Å²) in [5.74, 6) is 0.668. The lowest BCUT2D eigenvalue weighted by atomic mass is 9.95. The van der Waals surface area contributed by atoms with E-state index in [1.165, 1.54) is 27.4 Å². The van der Waals surface area contributed by atoms with E-state index in [9.17, 15) is 9.59 Å². The van der Waals surface area contributed by atoms with Crippen LogP contribution < -0.4 is 24.8 Å². The fourth-order valence-electron chi connectivity index (χ4n) is 2.69. The Bertz CT molecular complexity index is 731. The maximum absolute atomic E-state index is 12.5. The van der Waals surface area contributed by atoms with Crippen LogP contribution in [0.4, 0.5) is 4.79 Å². The summed E-state index contributed by atoms with van der Waals surface area (Å²) in [6.45, 7) is 5.22. The normalized spacial score (nSPS) is 16.3. The highest BCUT2D eigenvalue weighted by Crippen LogP contribution is 2.41. The zero-order valence-corrected chi connectivity index (χ0v) is 15.2. The maximum atomic E-state index is 12.5. The molecule has 0 aromatic heterocycles. The molecule has 1 aliphatic rings. The number of ether oxygens (including phenoxy) is 4. The first-order valence-corrected chi connectivity index (χ1v) is 7.83. The molecule has 0 spiro atoms. The monoisotopic (exact) mass is 362 g/mol. The molecule has 2 N–H and O–H groups in total. The van der Waals surface area contributed by atoms with Gasteiger partial charge in [-0.05, 0) is 24.6 Å². The molecule has 2 rings (SSSR count). The Morgan fingerprint density at radius 1 is 1.19 bits per heavy atom. The van der Waals surface area contributed by atoms with E-state index in [2.05, 4.69) is 17.2 Å². The number of benzene rings is 1. The lowest BCUT2D eigenvalue weighted by molar-refractivity contribution is -0.138. The lowest BCUT2D eigenvalue weighted by Gasteiger charge is -2.28. The Kier molecular flexibility index (Phi) is 6.11. The molecule has 1 aromatic rings. The van der Waals surface area contributed by atoms with Gasteiger partial charge in [-0.1, -0.05) is 12.7 Å². The quantitative estimate of drug-likeness (QED) is 0.570. The van der Waals surface area contributed by atoms with Crippen LogP contribution in [0.15, 0.2) is 36.1 Å². The van der Waals surface area contributed by atoms with Gasteiger partial charge in [0.25, 0.3) is 0 Å². The van der Waals surface area contributed by atoms with Crippen LogP contribution in [0.3, 0.4) is 0 Å². The van der Waals surface area contributed by atoms with Crippen molar-refractivity contribution >= 4 is 12.0 Å². The second kappa shape index (κ2) is 8.28. The Morgan fingerprint density at radius 2 is 1.81 bits per heavy atom. The van der Waals surface area contributed by atoms with Crippen LogP contribution in [0.25, 0.3) is 0 Å². The van der Waals surface area contributed by atoms with Crippen LogP contribution in [-0.4, -0.2) is 39.9 Å². The fraction of sp³-hybridized carbons (Fsp3) is 0.333. The number of esters is 1. The van der Waals surface area contributed by atoms with Crippen molar-refractivity contribution in [3.63, 3.8) is 0 Å². The number of nitrogens with one attached hydrogen (secondary N) is 2. The average molecular weight is 362 g/mol. The molecule has 1 aromatic carbocycles. The molecular weight excluding hydrogens is 340 g/mol. The first-order valence-electron chi connectivity index (χ1n) is 7.83. The summed E-state index contributed by atoms with van der Waals surface area (Å²) in [6, 6.07) is 2.17. The molecule has 0 aliphatic carbocycles. The summed E-state index contributed by atoms with van der Waals surface area (Å²) in [5, 5.41) is 5.31. The van der Waals surface area contributed by atoms with Gasteiger partial charge in [0.2, 0.25) is 5.75 Å². The second-order valence-corrected chi connectivity index (χ2v) is 5.42. The minimum absolute atomic E-state index is 0.0610. The molecule has 2 amide bonds. The van der Waals surface area contributed by atoms with Gasteiger partial charge in [0, 0.05) is 5.70 Å². The van der Waals surface area contributed by atoms with Gasteiger partial charge in [0.15, 0.2) is 11.5 Å². The molecule has 0 saturated carbocycles. The van der Waals surface area contributed by atoms with Crippen molar-refractivity contribution in [2.45, 2.75) is 13.0 Å². The number of allylic oxidation sites excluding steroid dienone is 1. The number of amides is 2. The largest absolute Gasteiger partial charge is 0.493 e. The van der Waals surface area contributed by atoms with Crippen molar-refractivity contribution in [1.82, 2.24) is 10.6 Å². The highest BCUT2D eigenvalue weighted by atomic mass is 16.5. The fourth-order valence-corrected chi connectivity index (χ4v) is 2.69. The molecule has 0 fully saturated rings. The van der Waals surface area contributed by atoms with Crippen LogP contribution in [0.2, 0.25) is 0 Å². The Labute approximate surface area is 151 Å². The Morgan fingerprint density at radius 3 is 2.31 bits per heavy atom. The van der Waals surface area contributed by atoms with E-state index < -0.39 is 18.0 Å². The highest BCUT2D eigenvalue weighted by molar-refractivity contribution is 5.95. The van der Waals surface area contributed by atoms with E-state index in [1.54, 1.807) is 19.1 Å². The van der Waals surface area contributed by atoms with Crippen molar-refractivity contribution < 1.29 is 28.5 Å². The summed E-state index contributed by atoms with van der Waals surface area (Å²) in [7, 11) is 4.47. The van der Waals surface area contributed by atoms with E-state index in [-0.39, 0.29) is 12.2 Å². The highest BCUT2D eigenvalue weighted by Gasteiger charge is 2.33. The molecule has 0 saturated heterocycles. The van der Waals surface area contributed by atoms with Crippen molar-refractivity contribution in [3.8, 4) is 17.2 Å². The minimum Gasteiger partial charge on any atom is -0.493 e. The SMILES string of the molecule is C=CCOC(=O)C1=C(C)NC(=O)N[C@@H]1c1cc(OC)c(OC)c(OC)c1. The van der Waals surface area contributed by atoms with E-state index in [4.69, 9.17) is 18.9 Å². The first-order chi connectivity index (χ1) is 12.5. The summed E-state index contributed by atoms with van der Waals surface area (Å²) in [6.07, 6.45) is 1.47.